The van der Waals surface area contributed by atoms with Crippen molar-refractivity contribution < 1.29 is 0 Å². The quantitative estimate of drug-likeness (QED) is 0.611. The fraction of sp³-hybridized carbons (Fsp3) is 0.167. The molecule has 3 aromatic heterocycles. The van der Waals surface area contributed by atoms with E-state index >= 15 is 0 Å². The molecule has 0 unspecified atom stereocenters. The molecule has 0 saturated heterocycles. The van der Waals surface area contributed by atoms with Gasteiger partial charge in [0.05, 0.1) is 27.9 Å². The first-order valence-electron chi connectivity index (χ1n) is 7.81. The number of rotatable bonds is 3. The first-order chi connectivity index (χ1) is 11.7. The molecule has 0 aliphatic rings. The van der Waals surface area contributed by atoms with Crippen molar-refractivity contribution in [2.75, 3.05) is 5.73 Å². The zero-order valence-electron chi connectivity index (χ0n) is 13.5. The van der Waals surface area contributed by atoms with Crippen LogP contribution in [0, 0.1) is 6.92 Å². The Morgan fingerprint density at radius 3 is 2.83 bits per heavy atom. The Morgan fingerprint density at radius 1 is 1.17 bits per heavy atom. The Kier molecular flexibility index (Phi) is 3.54. The summed E-state index contributed by atoms with van der Waals surface area (Å²) in [6.07, 6.45) is 1.87. The van der Waals surface area contributed by atoms with E-state index in [0.29, 0.717) is 5.13 Å². The third-order valence-corrected chi connectivity index (χ3v) is 4.93. The minimum atomic E-state index is 0.549. The molecule has 4 aromatic rings. The first kappa shape index (κ1) is 14.8. The van der Waals surface area contributed by atoms with Crippen LogP contribution in [-0.4, -0.2) is 19.5 Å². The van der Waals surface area contributed by atoms with Gasteiger partial charge in [-0.05, 0) is 43.7 Å². The van der Waals surface area contributed by atoms with Gasteiger partial charge in [-0.2, -0.15) is 0 Å². The van der Waals surface area contributed by atoms with Gasteiger partial charge < -0.3 is 10.3 Å². The second kappa shape index (κ2) is 5.72. The molecule has 6 heteroatoms. The number of aromatic nitrogens is 4. The molecule has 0 fully saturated rings. The number of hydrogen-bond donors (Lipinski definition) is 1. The van der Waals surface area contributed by atoms with E-state index in [1.54, 1.807) is 0 Å². The van der Waals surface area contributed by atoms with Gasteiger partial charge in [0.25, 0.3) is 0 Å². The predicted octanol–water partition coefficient (Wildman–Crippen LogP) is 4.13. The lowest BCUT2D eigenvalue weighted by Crippen LogP contribution is -1.91. The molecular formula is C18H17N5S. The maximum absolute atomic E-state index is 6.00. The van der Waals surface area contributed by atoms with Crippen molar-refractivity contribution in [2.24, 2.45) is 0 Å². The summed E-state index contributed by atoms with van der Waals surface area (Å²) in [7, 11) is 0. The normalized spacial score (nSPS) is 11.2. The maximum atomic E-state index is 6.00. The predicted molar refractivity (Wildman–Crippen MR) is 98.9 cm³/mol. The lowest BCUT2D eigenvalue weighted by atomic mass is 10.1. The zero-order valence-corrected chi connectivity index (χ0v) is 14.3. The molecule has 1 aromatic carbocycles. The van der Waals surface area contributed by atoms with Gasteiger partial charge in [-0.15, -0.1) is 0 Å². The van der Waals surface area contributed by atoms with Gasteiger partial charge in [0, 0.05) is 12.2 Å². The Bertz CT molecular complexity index is 1030. The SMILES string of the molecule is CCn1cnc2ccc(-c3sc(N)nc3-c3cccc(C)n3)cc21. The van der Waals surface area contributed by atoms with E-state index in [9.17, 15) is 0 Å². The van der Waals surface area contributed by atoms with Crippen molar-refractivity contribution in [2.45, 2.75) is 20.4 Å². The summed E-state index contributed by atoms with van der Waals surface area (Å²) in [5.41, 5.74) is 11.8. The number of benzene rings is 1. The van der Waals surface area contributed by atoms with Crippen molar-refractivity contribution in [3.05, 3.63) is 48.4 Å². The van der Waals surface area contributed by atoms with Crippen molar-refractivity contribution in [1.29, 1.82) is 0 Å². The Labute approximate surface area is 143 Å². The molecule has 4 rings (SSSR count). The van der Waals surface area contributed by atoms with Gasteiger partial charge in [0.1, 0.15) is 5.69 Å². The van der Waals surface area contributed by atoms with Crippen LogP contribution in [0.3, 0.4) is 0 Å². The average Bonchev–Trinajstić information content (AvgIpc) is 3.17. The molecule has 120 valence electrons. The highest BCUT2D eigenvalue weighted by atomic mass is 32.1. The van der Waals surface area contributed by atoms with Gasteiger partial charge >= 0.3 is 0 Å². The van der Waals surface area contributed by atoms with Crippen LogP contribution in [0.15, 0.2) is 42.7 Å². The number of anilines is 1. The molecule has 24 heavy (non-hydrogen) atoms. The highest BCUT2D eigenvalue weighted by Crippen LogP contribution is 2.38. The average molecular weight is 335 g/mol. The number of nitrogen functional groups attached to an aromatic ring is 1. The maximum Gasteiger partial charge on any atom is 0.181 e. The largest absolute Gasteiger partial charge is 0.375 e. The van der Waals surface area contributed by atoms with E-state index in [-0.39, 0.29) is 0 Å². The molecule has 0 radical (unpaired) electrons. The summed E-state index contributed by atoms with van der Waals surface area (Å²) >= 11 is 1.49. The summed E-state index contributed by atoms with van der Waals surface area (Å²) in [6, 6.07) is 12.2. The molecule has 0 aliphatic heterocycles. The van der Waals surface area contributed by atoms with Gasteiger partial charge in [0.15, 0.2) is 5.13 Å². The number of hydrogen-bond acceptors (Lipinski definition) is 5. The van der Waals surface area contributed by atoms with E-state index < -0.39 is 0 Å². The lowest BCUT2D eigenvalue weighted by molar-refractivity contribution is 0.787. The van der Waals surface area contributed by atoms with Crippen molar-refractivity contribution in [3.8, 4) is 21.8 Å². The molecular weight excluding hydrogens is 318 g/mol. The van der Waals surface area contributed by atoms with Crippen molar-refractivity contribution in [3.63, 3.8) is 0 Å². The van der Waals surface area contributed by atoms with Crippen LogP contribution in [0.4, 0.5) is 5.13 Å². The Morgan fingerprint density at radius 2 is 2.04 bits per heavy atom. The second-order valence-corrected chi connectivity index (χ2v) is 6.66. The van der Waals surface area contributed by atoms with E-state index in [4.69, 9.17) is 5.73 Å². The smallest absolute Gasteiger partial charge is 0.181 e. The number of thiazole rings is 1. The van der Waals surface area contributed by atoms with Crippen LogP contribution < -0.4 is 5.73 Å². The fourth-order valence-electron chi connectivity index (χ4n) is 2.83. The summed E-state index contributed by atoms with van der Waals surface area (Å²) < 4.78 is 2.13. The van der Waals surface area contributed by atoms with Gasteiger partial charge in [-0.3, -0.25) is 4.98 Å². The van der Waals surface area contributed by atoms with E-state index in [2.05, 4.69) is 38.6 Å². The van der Waals surface area contributed by atoms with Crippen LogP contribution in [0.25, 0.3) is 32.9 Å². The van der Waals surface area contributed by atoms with E-state index in [0.717, 1.165) is 45.1 Å². The topological polar surface area (TPSA) is 69.6 Å². The van der Waals surface area contributed by atoms with Crippen molar-refractivity contribution in [1.82, 2.24) is 19.5 Å². The van der Waals surface area contributed by atoms with Crippen LogP contribution >= 0.6 is 11.3 Å². The van der Waals surface area contributed by atoms with Gasteiger partial charge in [-0.25, -0.2) is 9.97 Å². The van der Waals surface area contributed by atoms with Crippen LogP contribution in [0.5, 0.6) is 0 Å². The number of imidazole rings is 1. The summed E-state index contributed by atoms with van der Waals surface area (Å²) in [5.74, 6) is 0. The second-order valence-electron chi connectivity index (χ2n) is 5.63. The zero-order chi connectivity index (χ0) is 16.7. The molecule has 0 saturated carbocycles. The molecule has 0 amide bonds. The third-order valence-electron chi connectivity index (χ3n) is 4.00. The molecule has 0 spiro atoms. The third kappa shape index (κ3) is 2.45. The Balaban J connectivity index is 1.91. The summed E-state index contributed by atoms with van der Waals surface area (Å²) in [5, 5.41) is 0.549. The van der Waals surface area contributed by atoms with Gasteiger partial charge in [-0.1, -0.05) is 23.5 Å². The van der Waals surface area contributed by atoms with Crippen LogP contribution in [0.1, 0.15) is 12.6 Å². The monoisotopic (exact) mass is 335 g/mol. The highest BCUT2D eigenvalue weighted by Gasteiger charge is 2.16. The molecule has 3 heterocycles. The number of nitrogens with two attached hydrogens (primary N) is 1. The summed E-state index contributed by atoms with van der Waals surface area (Å²) in [4.78, 5) is 14.6. The molecule has 0 bridgehead atoms. The fourth-order valence-corrected chi connectivity index (χ4v) is 3.67. The minimum Gasteiger partial charge on any atom is -0.375 e. The van der Waals surface area contributed by atoms with Crippen LogP contribution in [0.2, 0.25) is 0 Å². The first-order valence-corrected chi connectivity index (χ1v) is 8.63. The molecule has 2 N–H and O–H groups in total. The Hall–Kier alpha value is -2.73. The highest BCUT2D eigenvalue weighted by molar-refractivity contribution is 7.19. The lowest BCUT2D eigenvalue weighted by Gasteiger charge is -2.05. The number of aryl methyl sites for hydroxylation is 2. The molecule has 0 aliphatic carbocycles. The minimum absolute atomic E-state index is 0.549. The molecule has 0 atom stereocenters. The van der Waals surface area contributed by atoms with Gasteiger partial charge in [0.2, 0.25) is 0 Å². The molecule has 5 nitrogen and oxygen atoms in total. The number of nitrogens with zero attached hydrogens (tertiary/aromatic N) is 4. The van der Waals surface area contributed by atoms with E-state index in [1.165, 1.54) is 11.3 Å². The standard InChI is InChI=1S/C18H17N5S/c1-3-23-10-20-13-8-7-12(9-15(13)23)17-16(22-18(19)24-17)14-6-4-5-11(2)21-14/h4-10H,3H2,1-2H3,(H2,19,22). The number of fused-ring (bicyclic) bond motifs is 1. The summed E-state index contributed by atoms with van der Waals surface area (Å²) in [6.45, 7) is 4.97. The van der Waals surface area contributed by atoms with E-state index in [1.807, 2.05) is 37.5 Å². The van der Waals surface area contributed by atoms with Crippen molar-refractivity contribution >= 4 is 27.5 Å². The van der Waals surface area contributed by atoms with Crippen LogP contribution in [-0.2, 0) is 6.54 Å². The number of pyridine rings is 1.